The number of pyridine rings is 1. The van der Waals surface area contributed by atoms with Crippen molar-refractivity contribution in [2.24, 2.45) is 0 Å². The largest absolute Gasteiger partial charge is 0.387 e. The van der Waals surface area contributed by atoms with Gasteiger partial charge in [0.15, 0.2) is 0 Å². The second-order valence-corrected chi connectivity index (χ2v) is 4.42. The molecular weight excluding hydrogens is 238 g/mol. The van der Waals surface area contributed by atoms with Gasteiger partial charge in [-0.05, 0) is 43.2 Å². The van der Waals surface area contributed by atoms with Gasteiger partial charge < -0.3 is 10.6 Å². The van der Waals surface area contributed by atoms with Crippen molar-refractivity contribution in [1.82, 2.24) is 4.98 Å². The summed E-state index contributed by atoms with van der Waals surface area (Å²) in [7, 11) is 1.78. The van der Waals surface area contributed by atoms with Crippen LogP contribution < -0.4 is 10.6 Å². The van der Waals surface area contributed by atoms with Crippen LogP contribution in [-0.2, 0) is 0 Å². The van der Waals surface area contributed by atoms with Gasteiger partial charge >= 0.3 is 0 Å². The van der Waals surface area contributed by atoms with Gasteiger partial charge in [0.05, 0.1) is 5.56 Å². The number of hydrogen-bond acceptors (Lipinski definition) is 3. The van der Waals surface area contributed by atoms with Crippen molar-refractivity contribution in [2.75, 3.05) is 17.7 Å². The molecular formula is C15H17N3O. The Morgan fingerprint density at radius 1 is 1.16 bits per heavy atom. The zero-order valence-electron chi connectivity index (χ0n) is 11.3. The summed E-state index contributed by atoms with van der Waals surface area (Å²) in [4.78, 5) is 16.2. The number of aromatic nitrogens is 1. The Balaban J connectivity index is 2.23. The highest BCUT2D eigenvalue weighted by molar-refractivity contribution is 6.07. The number of hydrogen-bond donors (Lipinski definition) is 2. The SMILES string of the molecule is CNc1ccncc1C(=O)Nc1ccc(C)c(C)c1. The highest BCUT2D eigenvalue weighted by Gasteiger charge is 2.11. The van der Waals surface area contributed by atoms with Crippen LogP contribution in [0.25, 0.3) is 0 Å². The van der Waals surface area contributed by atoms with Crippen LogP contribution in [0.15, 0.2) is 36.7 Å². The minimum absolute atomic E-state index is 0.166. The highest BCUT2D eigenvalue weighted by atomic mass is 16.1. The van der Waals surface area contributed by atoms with Gasteiger partial charge in [0.1, 0.15) is 0 Å². The molecule has 98 valence electrons. The van der Waals surface area contributed by atoms with E-state index in [2.05, 4.69) is 15.6 Å². The maximum absolute atomic E-state index is 12.2. The minimum atomic E-state index is -0.166. The summed E-state index contributed by atoms with van der Waals surface area (Å²) < 4.78 is 0. The molecule has 0 saturated carbocycles. The first-order chi connectivity index (χ1) is 9.11. The standard InChI is InChI=1S/C15H17N3O/c1-10-4-5-12(8-11(10)2)18-15(19)13-9-17-7-6-14(13)16-3/h4-9H,1-3H3,(H,16,17)(H,18,19). The van der Waals surface area contributed by atoms with Crippen LogP contribution >= 0.6 is 0 Å². The quantitative estimate of drug-likeness (QED) is 0.886. The lowest BCUT2D eigenvalue weighted by Crippen LogP contribution is -2.14. The molecule has 0 aliphatic carbocycles. The molecule has 1 heterocycles. The van der Waals surface area contributed by atoms with Gasteiger partial charge in [-0.15, -0.1) is 0 Å². The summed E-state index contributed by atoms with van der Waals surface area (Å²) in [5.41, 5.74) is 4.44. The number of anilines is 2. The van der Waals surface area contributed by atoms with Crippen LogP contribution in [0.4, 0.5) is 11.4 Å². The number of rotatable bonds is 3. The van der Waals surface area contributed by atoms with Gasteiger partial charge in [-0.2, -0.15) is 0 Å². The first-order valence-electron chi connectivity index (χ1n) is 6.12. The van der Waals surface area contributed by atoms with E-state index < -0.39 is 0 Å². The second kappa shape index (κ2) is 5.52. The van der Waals surface area contributed by atoms with E-state index in [1.54, 1.807) is 25.5 Å². The summed E-state index contributed by atoms with van der Waals surface area (Å²) in [6, 6.07) is 7.63. The van der Waals surface area contributed by atoms with Gasteiger partial charge in [0.2, 0.25) is 0 Å². The van der Waals surface area contributed by atoms with Crippen LogP contribution in [0.3, 0.4) is 0 Å². The maximum Gasteiger partial charge on any atom is 0.259 e. The average molecular weight is 255 g/mol. The first kappa shape index (κ1) is 13.1. The summed E-state index contributed by atoms with van der Waals surface area (Å²) in [5, 5.41) is 5.86. The minimum Gasteiger partial charge on any atom is -0.387 e. The van der Waals surface area contributed by atoms with Gasteiger partial charge in [-0.25, -0.2) is 0 Å². The van der Waals surface area contributed by atoms with E-state index in [1.807, 2.05) is 32.0 Å². The molecule has 1 aromatic heterocycles. The molecule has 2 rings (SSSR count). The number of amides is 1. The third-order valence-electron chi connectivity index (χ3n) is 3.10. The van der Waals surface area contributed by atoms with E-state index >= 15 is 0 Å². The molecule has 0 spiro atoms. The van der Waals surface area contributed by atoms with Gasteiger partial charge in [0, 0.05) is 30.8 Å². The molecule has 2 N–H and O–H groups in total. The van der Waals surface area contributed by atoms with Crippen molar-refractivity contribution < 1.29 is 4.79 Å². The van der Waals surface area contributed by atoms with Crippen LogP contribution in [0.5, 0.6) is 0 Å². The molecule has 4 heteroatoms. The molecule has 0 atom stereocenters. The van der Waals surface area contributed by atoms with Crippen LogP contribution in [0, 0.1) is 13.8 Å². The van der Waals surface area contributed by atoms with Crippen molar-refractivity contribution in [2.45, 2.75) is 13.8 Å². The topological polar surface area (TPSA) is 54.0 Å². The molecule has 0 aliphatic rings. The summed E-state index contributed by atoms with van der Waals surface area (Å²) in [6.07, 6.45) is 3.21. The van der Waals surface area contributed by atoms with Crippen molar-refractivity contribution in [3.05, 3.63) is 53.3 Å². The highest BCUT2D eigenvalue weighted by Crippen LogP contribution is 2.18. The summed E-state index contributed by atoms with van der Waals surface area (Å²) in [6.45, 7) is 4.06. The fourth-order valence-electron chi connectivity index (χ4n) is 1.81. The van der Waals surface area contributed by atoms with Crippen LogP contribution in [0.1, 0.15) is 21.5 Å². The van der Waals surface area contributed by atoms with E-state index in [0.717, 1.165) is 16.9 Å². The van der Waals surface area contributed by atoms with Crippen LogP contribution in [-0.4, -0.2) is 17.9 Å². The van der Waals surface area contributed by atoms with E-state index in [1.165, 1.54) is 5.56 Å². The Kier molecular flexibility index (Phi) is 3.80. The summed E-state index contributed by atoms with van der Waals surface area (Å²) in [5.74, 6) is -0.166. The fraction of sp³-hybridized carbons (Fsp3) is 0.200. The number of nitrogens with zero attached hydrogens (tertiary/aromatic N) is 1. The fourth-order valence-corrected chi connectivity index (χ4v) is 1.81. The molecule has 0 radical (unpaired) electrons. The molecule has 0 unspecified atom stereocenters. The molecule has 0 fully saturated rings. The van der Waals surface area contributed by atoms with E-state index in [-0.39, 0.29) is 5.91 Å². The Bertz CT molecular complexity index is 608. The smallest absolute Gasteiger partial charge is 0.259 e. The van der Waals surface area contributed by atoms with Gasteiger partial charge in [-0.1, -0.05) is 6.07 Å². The first-order valence-corrected chi connectivity index (χ1v) is 6.12. The van der Waals surface area contributed by atoms with Crippen LogP contribution in [0.2, 0.25) is 0 Å². The third kappa shape index (κ3) is 2.91. The average Bonchev–Trinajstić information content (AvgIpc) is 2.43. The molecule has 4 nitrogen and oxygen atoms in total. The monoisotopic (exact) mass is 255 g/mol. The lowest BCUT2D eigenvalue weighted by molar-refractivity contribution is 0.102. The van der Waals surface area contributed by atoms with Crippen molar-refractivity contribution in [3.63, 3.8) is 0 Å². The van der Waals surface area contributed by atoms with E-state index in [0.29, 0.717) is 5.56 Å². The Hall–Kier alpha value is -2.36. The number of aryl methyl sites for hydroxylation is 2. The Labute approximate surface area is 112 Å². The normalized spacial score (nSPS) is 10.1. The van der Waals surface area contributed by atoms with Gasteiger partial charge in [0.25, 0.3) is 5.91 Å². The molecule has 1 aromatic carbocycles. The van der Waals surface area contributed by atoms with Crippen molar-refractivity contribution >= 4 is 17.3 Å². The summed E-state index contributed by atoms with van der Waals surface area (Å²) >= 11 is 0. The molecule has 0 saturated heterocycles. The maximum atomic E-state index is 12.2. The Morgan fingerprint density at radius 3 is 2.63 bits per heavy atom. The molecule has 19 heavy (non-hydrogen) atoms. The van der Waals surface area contributed by atoms with E-state index in [4.69, 9.17) is 0 Å². The predicted octanol–water partition coefficient (Wildman–Crippen LogP) is 2.99. The number of carbonyl (C=O) groups excluding carboxylic acids is 1. The van der Waals surface area contributed by atoms with Gasteiger partial charge in [-0.3, -0.25) is 9.78 Å². The zero-order chi connectivity index (χ0) is 13.8. The lowest BCUT2D eigenvalue weighted by atomic mass is 10.1. The number of nitrogens with one attached hydrogen (secondary N) is 2. The Morgan fingerprint density at radius 2 is 1.95 bits per heavy atom. The lowest BCUT2D eigenvalue weighted by Gasteiger charge is -2.10. The number of benzene rings is 1. The molecule has 0 aliphatic heterocycles. The number of carbonyl (C=O) groups is 1. The van der Waals surface area contributed by atoms with E-state index in [9.17, 15) is 4.79 Å². The molecule has 0 bridgehead atoms. The molecule has 1 amide bonds. The second-order valence-electron chi connectivity index (χ2n) is 4.42. The molecule has 2 aromatic rings. The van der Waals surface area contributed by atoms with Crippen molar-refractivity contribution in [3.8, 4) is 0 Å². The third-order valence-corrected chi connectivity index (χ3v) is 3.10. The van der Waals surface area contributed by atoms with Crippen molar-refractivity contribution in [1.29, 1.82) is 0 Å². The predicted molar refractivity (Wildman–Crippen MR) is 77.7 cm³/mol. The zero-order valence-corrected chi connectivity index (χ0v) is 11.3.